The highest BCUT2D eigenvalue weighted by molar-refractivity contribution is 9.10. The van der Waals surface area contributed by atoms with Crippen molar-refractivity contribution in [1.29, 1.82) is 0 Å². The zero-order valence-electron chi connectivity index (χ0n) is 10.5. The molecular weight excluding hydrogens is 363 g/mol. The van der Waals surface area contributed by atoms with Crippen LogP contribution >= 0.6 is 15.9 Å². The van der Waals surface area contributed by atoms with E-state index in [2.05, 4.69) is 20.7 Å². The van der Waals surface area contributed by atoms with Gasteiger partial charge in [-0.3, -0.25) is 0 Å². The van der Waals surface area contributed by atoms with Gasteiger partial charge in [0.1, 0.15) is 0 Å². The van der Waals surface area contributed by atoms with E-state index in [4.69, 9.17) is 4.74 Å². The smallest absolute Gasteiger partial charge is 0.385 e. The minimum atomic E-state index is -4.61. The van der Waals surface area contributed by atoms with E-state index in [1.807, 2.05) is 0 Å². The van der Waals surface area contributed by atoms with Crippen molar-refractivity contribution in [3.63, 3.8) is 0 Å². The highest BCUT2D eigenvalue weighted by Gasteiger charge is 2.32. The van der Waals surface area contributed by atoms with Crippen LogP contribution in [0.15, 0.2) is 27.6 Å². The molecule has 1 aromatic carbocycles. The van der Waals surface area contributed by atoms with Gasteiger partial charge >= 0.3 is 6.18 Å². The third-order valence-corrected chi connectivity index (χ3v) is 4.22. The molecule has 0 saturated carbocycles. The Bertz CT molecular complexity index is 561. The Labute approximate surface area is 123 Å². The number of sulfonamides is 1. The second-order valence-corrected chi connectivity index (χ2v) is 6.60. The van der Waals surface area contributed by atoms with Gasteiger partial charge in [0.15, 0.2) is 0 Å². The maximum atomic E-state index is 12.6. The fourth-order valence-electron chi connectivity index (χ4n) is 1.39. The summed E-state index contributed by atoms with van der Waals surface area (Å²) < 4.78 is 68.7. The molecule has 1 aromatic rings. The van der Waals surface area contributed by atoms with Gasteiger partial charge in [-0.05, 0) is 24.6 Å². The molecule has 114 valence electrons. The van der Waals surface area contributed by atoms with Crippen molar-refractivity contribution in [3.05, 3.63) is 28.2 Å². The molecule has 0 aromatic heterocycles. The highest BCUT2D eigenvalue weighted by Crippen LogP contribution is 2.33. The number of benzene rings is 1. The fraction of sp³-hybridized carbons (Fsp3) is 0.455. The van der Waals surface area contributed by atoms with Crippen LogP contribution in [-0.4, -0.2) is 28.7 Å². The average molecular weight is 376 g/mol. The van der Waals surface area contributed by atoms with Crippen molar-refractivity contribution in [2.45, 2.75) is 17.5 Å². The zero-order valence-corrected chi connectivity index (χ0v) is 12.9. The van der Waals surface area contributed by atoms with Gasteiger partial charge in [0, 0.05) is 24.7 Å². The lowest BCUT2D eigenvalue weighted by Gasteiger charge is -2.11. The quantitative estimate of drug-likeness (QED) is 0.777. The fourth-order valence-corrected chi connectivity index (χ4v) is 3.18. The van der Waals surface area contributed by atoms with E-state index in [0.29, 0.717) is 19.1 Å². The Morgan fingerprint density at radius 1 is 1.30 bits per heavy atom. The average Bonchev–Trinajstić information content (AvgIpc) is 2.33. The summed E-state index contributed by atoms with van der Waals surface area (Å²) in [5.41, 5.74) is -1.02. The van der Waals surface area contributed by atoms with Crippen LogP contribution in [0.25, 0.3) is 0 Å². The third kappa shape index (κ3) is 5.04. The Morgan fingerprint density at radius 3 is 2.50 bits per heavy atom. The van der Waals surface area contributed by atoms with E-state index in [-0.39, 0.29) is 11.0 Å². The summed E-state index contributed by atoms with van der Waals surface area (Å²) in [4.78, 5) is -0.434. The minimum absolute atomic E-state index is 0.0459. The predicted molar refractivity (Wildman–Crippen MR) is 70.8 cm³/mol. The van der Waals surface area contributed by atoms with Crippen molar-refractivity contribution in [3.8, 4) is 0 Å². The van der Waals surface area contributed by atoms with E-state index in [1.165, 1.54) is 7.11 Å². The van der Waals surface area contributed by atoms with Crippen LogP contribution in [0, 0.1) is 0 Å². The number of ether oxygens (including phenoxy) is 1. The first kappa shape index (κ1) is 17.4. The maximum absolute atomic E-state index is 12.6. The molecule has 0 heterocycles. The van der Waals surface area contributed by atoms with Gasteiger partial charge in [0.2, 0.25) is 10.0 Å². The second-order valence-electron chi connectivity index (χ2n) is 3.92. The van der Waals surface area contributed by atoms with E-state index in [9.17, 15) is 21.6 Å². The number of halogens is 4. The number of alkyl halides is 3. The summed E-state index contributed by atoms with van der Waals surface area (Å²) in [6.07, 6.45) is -4.18. The molecule has 0 aliphatic rings. The lowest BCUT2D eigenvalue weighted by atomic mass is 10.2. The van der Waals surface area contributed by atoms with Crippen molar-refractivity contribution in [2.75, 3.05) is 20.3 Å². The molecule has 0 radical (unpaired) electrons. The normalized spacial score (nSPS) is 12.7. The van der Waals surface area contributed by atoms with Crippen LogP contribution in [-0.2, 0) is 20.9 Å². The second kappa shape index (κ2) is 6.88. The molecule has 1 rings (SSSR count). The van der Waals surface area contributed by atoms with E-state index < -0.39 is 26.7 Å². The topological polar surface area (TPSA) is 55.4 Å². The Kier molecular flexibility index (Phi) is 5.99. The molecule has 0 aliphatic carbocycles. The first-order chi connectivity index (χ1) is 9.16. The number of hydrogen-bond donors (Lipinski definition) is 1. The molecule has 1 N–H and O–H groups in total. The summed E-state index contributed by atoms with van der Waals surface area (Å²) in [6, 6.07) is 2.54. The van der Waals surface area contributed by atoms with E-state index in [1.54, 1.807) is 0 Å². The maximum Gasteiger partial charge on any atom is 0.416 e. The Morgan fingerprint density at radius 2 is 1.95 bits per heavy atom. The van der Waals surface area contributed by atoms with Gasteiger partial charge in [-0.2, -0.15) is 13.2 Å². The molecule has 20 heavy (non-hydrogen) atoms. The summed E-state index contributed by atoms with van der Waals surface area (Å²) >= 11 is 2.88. The van der Waals surface area contributed by atoms with Crippen LogP contribution in [0.5, 0.6) is 0 Å². The lowest BCUT2D eigenvalue weighted by Crippen LogP contribution is -2.26. The molecule has 0 atom stereocenters. The molecular formula is C11H13BrF3NO3S. The molecule has 0 bridgehead atoms. The minimum Gasteiger partial charge on any atom is -0.385 e. The van der Waals surface area contributed by atoms with Crippen LogP contribution in [0.4, 0.5) is 13.2 Å². The van der Waals surface area contributed by atoms with E-state index in [0.717, 1.165) is 12.1 Å². The van der Waals surface area contributed by atoms with Crippen LogP contribution in [0.1, 0.15) is 12.0 Å². The van der Waals surface area contributed by atoms with Gasteiger partial charge in [0.05, 0.1) is 10.5 Å². The zero-order chi connectivity index (χ0) is 15.4. The van der Waals surface area contributed by atoms with Crippen molar-refractivity contribution >= 4 is 26.0 Å². The monoisotopic (exact) mass is 375 g/mol. The predicted octanol–water partition coefficient (Wildman–Crippen LogP) is 2.78. The molecule has 0 amide bonds. The van der Waals surface area contributed by atoms with Crippen molar-refractivity contribution < 1.29 is 26.3 Å². The number of nitrogens with one attached hydrogen (secondary N) is 1. The third-order valence-electron chi connectivity index (χ3n) is 2.33. The highest BCUT2D eigenvalue weighted by atomic mass is 79.9. The molecule has 9 heteroatoms. The number of hydrogen-bond acceptors (Lipinski definition) is 3. The molecule has 0 unspecified atom stereocenters. The first-order valence-corrected chi connectivity index (χ1v) is 7.81. The molecule has 0 aliphatic heterocycles. The van der Waals surface area contributed by atoms with Gasteiger partial charge in [-0.15, -0.1) is 0 Å². The summed E-state index contributed by atoms with van der Waals surface area (Å²) in [5, 5.41) is 0. The molecule has 0 fully saturated rings. The van der Waals surface area contributed by atoms with Crippen LogP contribution in [0.2, 0.25) is 0 Å². The molecule has 4 nitrogen and oxygen atoms in total. The van der Waals surface area contributed by atoms with Crippen molar-refractivity contribution in [1.82, 2.24) is 4.72 Å². The van der Waals surface area contributed by atoms with Crippen molar-refractivity contribution in [2.24, 2.45) is 0 Å². The molecule has 0 saturated heterocycles. The van der Waals surface area contributed by atoms with Gasteiger partial charge in [0.25, 0.3) is 0 Å². The largest absolute Gasteiger partial charge is 0.416 e. The lowest BCUT2D eigenvalue weighted by molar-refractivity contribution is -0.137. The molecule has 0 spiro atoms. The Hall–Kier alpha value is -0.640. The standard InChI is InChI=1S/C11H13BrF3NO3S/c1-19-4-2-3-16-20(17,18)10-6-8(11(13,14)15)5-9(12)7-10/h5-7,16H,2-4H2,1H3. The summed E-state index contributed by atoms with van der Waals surface area (Å²) in [5.74, 6) is 0. The van der Waals surface area contributed by atoms with Gasteiger partial charge < -0.3 is 4.74 Å². The summed E-state index contributed by atoms with van der Waals surface area (Å²) in [6.45, 7) is 0.443. The number of methoxy groups -OCH3 is 1. The Balaban J connectivity index is 2.98. The van der Waals surface area contributed by atoms with Gasteiger partial charge in [-0.25, -0.2) is 13.1 Å². The summed E-state index contributed by atoms with van der Waals surface area (Å²) in [7, 11) is -2.51. The SMILES string of the molecule is COCCCNS(=O)(=O)c1cc(Br)cc(C(F)(F)F)c1. The number of rotatable bonds is 6. The first-order valence-electron chi connectivity index (χ1n) is 5.53. The van der Waals surface area contributed by atoms with Crippen LogP contribution in [0.3, 0.4) is 0 Å². The van der Waals surface area contributed by atoms with E-state index >= 15 is 0 Å². The van der Waals surface area contributed by atoms with Crippen LogP contribution < -0.4 is 4.72 Å². The van der Waals surface area contributed by atoms with Gasteiger partial charge in [-0.1, -0.05) is 15.9 Å².